The SMILES string of the molecule is CCSC1CCC(NCc2occc2Br)C1. The molecule has 1 aliphatic rings. The maximum atomic E-state index is 5.38. The van der Waals surface area contributed by atoms with Gasteiger partial charge in [-0.25, -0.2) is 0 Å². The second-order valence-electron chi connectivity index (χ2n) is 4.16. The summed E-state index contributed by atoms with van der Waals surface area (Å²) in [6.07, 6.45) is 5.69. The predicted molar refractivity (Wildman–Crippen MR) is 72.8 cm³/mol. The molecule has 90 valence electrons. The summed E-state index contributed by atoms with van der Waals surface area (Å²) in [5.41, 5.74) is 0. The molecular weight excluding hydrogens is 286 g/mol. The maximum Gasteiger partial charge on any atom is 0.131 e. The van der Waals surface area contributed by atoms with Gasteiger partial charge in [-0.2, -0.15) is 11.8 Å². The van der Waals surface area contributed by atoms with E-state index in [2.05, 4.69) is 39.9 Å². The van der Waals surface area contributed by atoms with Crippen LogP contribution in [0.25, 0.3) is 0 Å². The smallest absolute Gasteiger partial charge is 0.131 e. The van der Waals surface area contributed by atoms with Crippen molar-refractivity contribution in [2.75, 3.05) is 5.75 Å². The van der Waals surface area contributed by atoms with E-state index >= 15 is 0 Å². The Bertz CT molecular complexity index is 329. The summed E-state index contributed by atoms with van der Waals surface area (Å²) in [7, 11) is 0. The molecule has 0 aliphatic heterocycles. The number of rotatable bonds is 5. The molecule has 2 atom stereocenters. The largest absolute Gasteiger partial charge is 0.467 e. The topological polar surface area (TPSA) is 25.2 Å². The molecule has 0 saturated heterocycles. The van der Waals surface area contributed by atoms with Crippen LogP contribution in [0.5, 0.6) is 0 Å². The lowest BCUT2D eigenvalue weighted by molar-refractivity contribution is 0.444. The Morgan fingerprint density at radius 1 is 1.56 bits per heavy atom. The summed E-state index contributed by atoms with van der Waals surface area (Å²) in [5, 5.41) is 4.44. The van der Waals surface area contributed by atoms with E-state index in [0.29, 0.717) is 6.04 Å². The van der Waals surface area contributed by atoms with Gasteiger partial charge in [-0.05, 0) is 47.0 Å². The summed E-state index contributed by atoms with van der Waals surface area (Å²) in [5.74, 6) is 2.24. The van der Waals surface area contributed by atoms with Gasteiger partial charge < -0.3 is 9.73 Å². The summed E-state index contributed by atoms with van der Waals surface area (Å²) < 4.78 is 6.45. The van der Waals surface area contributed by atoms with Crippen LogP contribution in [-0.4, -0.2) is 17.0 Å². The number of hydrogen-bond donors (Lipinski definition) is 1. The van der Waals surface area contributed by atoms with Crippen LogP contribution in [0.2, 0.25) is 0 Å². The molecule has 1 N–H and O–H groups in total. The van der Waals surface area contributed by atoms with Crippen LogP contribution in [-0.2, 0) is 6.54 Å². The van der Waals surface area contributed by atoms with Gasteiger partial charge in [-0.1, -0.05) is 6.92 Å². The zero-order valence-corrected chi connectivity index (χ0v) is 11.9. The van der Waals surface area contributed by atoms with E-state index in [0.717, 1.165) is 22.0 Å². The number of thioether (sulfide) groups is 1. The van der Waals surface area contributed by atoms with Crippen molar-refractivity contribution in [2.45, 2.75) is 44.0 Å². The minimum Gasteiger partial charge on any atom is -0.467 e. The minimum absolute atomic E-state index is 0.668. The highest BCUT2D eigenvalue weighted by Crippen LogP contribution is 2.30. The van der Waals surface area contributed by atoms with E-state index in [-0.39, 0.29) is 0 Å². The average Bonchev–Trinajstić information content (AvgIpc) is 2.86. The third kappa shape index (κ3) is 3.28. The fourth-order valence-corrected chi connectivity index (χ4v) is 3.68. The first-order chi connectivity index (χ1) is 7.79. The molecule has 0 spiro atoms. The molecule has 1 aliphatic carbocycles. The molecule has 1 saturated carbocycles. The van der Waals surface area contributed by atoms with Gasteiger partial charge >= 0.3 is 0 Å². The summed E-state index contributed by atoms with van der Waals surface area (Å²) >= 11 is 5.57. The van der Waals surface area contributed by atoms with Crippen molar-refractivity contribution in [1.29, 1.82) is 0 Å². The Balaban J connectivity index is 1.74. The van der Waals surface area contributed by atoms with Crippen LogP contribution < -0.4 is 5.32 Å². The van der Waals surface area contributed by atoms with Crippen LogP contribution in [0.1, 0.15) is 31.9 Å². The molecule has 0 aromatic carbocycles. The molecule has 16 heavy (non-hydrogen) atoms. The van der Waals surface area contributed by atoms with Crippen molar-refractivity contribution >= 4 is 27.7 Å². The molecule has 1 heterocycles. The van der Waals surface area contributed by atoms with Gasteiger partial charge in [-0.15, -0.1) is 0 Å². The standard InChI is InChI=1S/C12H18BrNOS/c1-2-16-10-4-3-9(7-10)14-8-12-11(13)5-6-15-12/h5-6,9-10,14H,2-4,7-8H2,1H3. The Morgan fingerprint density at radius 3 is 3.12 bits per heavy atom. The fourth-order valence-electron chi connectivity index (χ4n) is 2.20. The first-order valence-corrected chi connectivity index (χ1v) is 7.70. The monoisotopic (exact) mass is 303 g/mol. The second kappa shape index (κ2) is 6.12. The zero-order valence-electron chi connectivity index (χ0n) is 9.54. The third-order valence-corrected chi connectivity index (χ3v) is 4.97. The van der Waals surface area contributed by atoms with Gasteiger partial charge in [-0.3, -0.25) is 0 Å². The molecule has 0 radical (unpaired) electrons. The van der Waals surface area contributed by atoms with Crippen molar-refractivity contribution in [1.82, 2.24) is 5.32 Å². The predicted octanol–water partition coefficient (Wildman–Crippen LogP) is 3.81. The molecule has 4 heteroatoms. The first kappa shape index (κ1) is 12.5. The highest BCUT2D eigenvalue weighted by molar-refractivity contribution is 9.10. The number of nitrogens with one attached hydrogen (secondary N) is 1. The molecular formula is C12H18BrNOS. The summed E-state index contributed by atoms with van der Waals surface area (Å²) in [6.45, 7) is 3.08. The molecule has 2 unspecified atom stereocenters. The van der Waals surface area contributed by atoms with Crippen LogP contribution in [0.3, 0.4) is 0 Å². The second-order valence-corrected chi connectivity index (χ2v) is 6.59. The summed E-state index contributed by atoms with van der Waals surface area (Å²) in [6, 6.07) is 2.61. The van der Waals surface area contributed by atoms with E-state index in [1.54, 1.807) is 6.26 Å². The Kier molecular flexibility index (Phi) is 4.79. The average molecular weight is 304 g/mol. The van der Waals surface area contributed by atoms with E-state index in [9.17, 15) is 0 Å². The molecule has 0 bridgehead atoms. The highest BCUT2D eigenvalue weighted by atomic mass is 79.9. The number of hydrogen-bond acceptors (Lipinski definition) is 3. The normalized spacial score (nSPS) is 25.1. The van der Waals surface area contributed by atoms with E-state index in [4.69, 9.17) is 4.42 Å². The van der Waals surface area contributed by atoms with E-state index < -0.39 is 0 Å². The number of halogens is 1. The lowest BCUT2D eigenvalue weighted by Gasteiger charge is -2.12. The first-order valence-electron chi connectivity index (χ1n) is 5.86. The summed E-state index contributed by atoms with van der Waals surface area (Å²) in [4.78, 5) is 0. The lowest BCUT2D eigenvalue weighted by atomic mass is 10.2. The van der Waals surface area contributed by atoms with Gasteiger partial charge in [0.1, 0.15) is 5.76 Å². The van der Waals surface area contributed by atoms with Crippen LogP contribution in [0, 0.1) is 0 Å². The molecule has 1 aromatic heterocycles. The molecule has 1 aromatic rings. The quantitative estimate of drug-likeness (QED) is 0.895. The van der Waals surface area contributed by atoms with Crippen molar-refractivity contribution in [3.63, 3.8) is 0 Å². The Morgan fingerprint density at radius 2 is 2.44 bits per heavy atom. The highest BCUT2D eigenvalue weighted by Gasteiger charge is 2.24. The molecule has 0 amide bonds. The van der Waals surface area contributed by atoms with Gasteiger partial charge in [0.05, 0.1) is 17.3 Å². The molecule has 2 rings (SSSR count). The van der Waals surface area contributed by atoms with Gasteiger partial charge in [0.15, 0.2) is 0 Å². The zero-order chi connectivity index (χ0) is 11.4. The lowest BCUT2D eigenvalue weighted by Crippen LogP contribution is -2.26. The van der Waals surface area contributed by atoms with Gasteiger partial charge in [0.2, 0.25) is 0 Å². The van der Waals surface area contributed by atoms with E-state index in [1.807, 2.05) is 6.07 Å². The molecule has 1 fully saturated rings. The fraction of sp³-hybridized carbons (Fsp3) is 0.667. The Labute approximate surface area is 110 Å². The van der Waals surface area contributed by atoms with Crippen molar-refractivity contribution in [3.8, 4) is 0 Å². The van der Waals surface area contributed by atoms with Crippen LogP contribution >= 0.6 is 27.7 Å². The minimum atomic E-state index is 0.668. The third-order valence-electron chi connectivity index (χ3n) is 3.03. The van der Waals surface area contributed by atoms with Crippen molar-refractivity contribution in [3.05, 3.63) is 22.6 Å². The van der Waals surface area contributed by atoms with E-state index in [1.165, 1.54) is 25.0 Å². The van der Waals surface area contributed by atoms with Crippen LogP contribution in [0.15, 0.2) is 21.2 Å². The van der Waals surface area contributed by atoms with Crippen molar-refractivity contribution < 1.29 is 4.42 Å². The number of furan rings is 1. The van der Waals surface area contributed by atoms with Gasteiger partial charge in [0, 0.05) is 11.3 Å². The maximum absolute atomic E-state index is 5.38. The Hall–Kier alpha value is 0.0700. The van der Waals surface area contributed by atoms with Crippen molar-refractivity contribution in [2.24, 2.45) is 0 Å². The van der Waals surface area contributed by atoms with Crippen LogP contribution in [0.4, 0.5) is 0 Å². The molecule has 2 nitrogen and oxygen atoms in total. The van der Waals surface area contributed by atoms with Gasteiger partial charge in [0.25, 0.3) is 0 Å².